The predicted octanol–water partition coefficient (Wildman–Crippen LogP) is 2.53. The van der Waals surface area contributed by atoms with E-state index in [1.807, 2.05) is 0 Å². The van der Waals surface area contributed by atoms with Crippen LogP contribution in [0.1, 0.15) is 19.4 Å². The van der Waals surface area contributed by atoms with E-state index >= 15 is 0 Å². The fraction of sp³-hybridized carbons (Fsp3) is 0.545. The van der Waals surface area contributed by atoms with Crippen LogP contribution < -0.4 is 5.32 Å². The lowest BCUT2D eigenvalue weighted by atomic mass is 10.1. The van der Waals surface area contributed by atoms with E-state index in [-0.39, 0.29) is 18.3 Å². The minimum Gasteiger partial charge on any atom is -0.391 e. The van der Waals surface area contributed by atoms with E-state index in [0.717, 1.165) is 6.07 Å². The van der Waals surface area contributed by atoms with Crippen molar-refractivity contribution in [2.45, 2.75) is 26.1 Å². The summed E-state index contributed by atoms with van der Waals surface area (Å²) in [5, 5.41) is 12.0. The molecule has 0 aliphatic heterocycles. The van der Waals surface area contributed by atoms with Crippen molar-refractivity contribution in [3.05, 3.63) is 23.9 Å². The summed E-state index contributed by atoms with van der Waals surface area (Å²) in [7, 11) is 0. The molecule has 0 saturated carbocycles. The van der Waals surface area contributed by atoms with Gasteiger partial charge in [-0.2, -0.15) is 13.2 Å². The molecule has 0 aliphatic rings. The number of aromatic nitrogens is 1. The van der Waals surface area contributed by atoms with Crippen LogP contribution in [0.5, 0.6) is 0 Å². The van der Waals surface area contributed by atoms with E-state index in [9.17, 15) is 18.3 Å². The van der Waals surface area contributed by atoms with E-state index < -0.39 is 17.8 Å². The van der Waals surface area contributed by atoms with Crippen LogP contribution in [-0.4, -0.2) is 22.7 Å². The van der Waals surface area contributed by atoms with Gasteiger partial charge < -0.3 is 10.4 Å². The first kappa shape index (κ1) is 13.8. The second-order valence-corrected chi connectivity index (χ2v) is 4.09. The van der Waals surface area contributed by atoms with E-state index in [0.29, 0.717) is 0 Å². The number of aliphatic hydroxyl groups is 1. The highest BCUT2D eigenvalue weighted by molar-refractivity contribution is 5.45. The highest BCUT2D eigenvalue weighted by Gasteiger charge is 2.34. The molecule has 1 unspecified atom stereocenters. The summed E-state index contributed by atoms with van der Waals surface area (Å²) in [5.41, 5.74) is -0.823. The van der Waals surface area contributed by atoms with Crippen molar-refractivity contribution in [3.8, 4) is 0 Å². The number of nitrogens with one attached hydrogen (secondary N) is 1. The molecule has 0 radical (unpaired) electrons. The molecule has 1 aromatic heterocycles. The number of pyridine rings is 1. The second-order valence-electron chi connectivity index (χ2n) is 4.09. The molecule has 0 spiro atoms. The SMILES string of the molecule is CC(C)C(O)CNc1ncccc1C(F)(F)F. The fourth-order valence-corrected chi connectivity index (χ4v) is 1.21. The van der Waals surface area contributed by atoms with Gasteiger partial charge >= 0.3 is 6.18 Å². The molecule has 1 aromatic rings. The summed E-state index contributed by atoms with van der Waals surface area (Å²) in [6, 6.07) is 2.18. The van der Waals surface area contributed by atoms with E-state index in [1.54, 1.807) is 13.8 Å². The zero-order valence-electron chi connectivity index (χ0n) is 9.62. The lowest BCUT2D eigenvalue weighted by Gasteiger charge is -2.17. The molecular formula is C11H15F3N2O. The van der Waals surface area contributed by atoms with Gasteiger partial charge in [-0.3, -0.25) is 0 Å². The Morgan fingerprint density at radius 1 is 1.41 bits per heavy atom. The zero-order chi connectivity index (χ0) is 13.1. The predicted molar refractivity (Wildman–Crippen MR) is 58.6 cm³/mol. The molecule has 17 heavy (non-hydrogen) atoms. The van der Waals surface area contributed by atoms with Crippen molar-refractivity contribution >= 4 is 5.82 Å². The maximum absolute atomic E-state index is 12.6. The number of anilines is 1. The average molecular weight is 248 g/mol. The topological polar surface area (TPSA) is 45.1 Å². The molecule has 2 N–H and O–H groups in total. The quantitative estimate of drug-likeness (QED) is 0.860. The molecule has 1 rings (SSSR count). The van der Waals surface area contributed by atoms with Crippen LogP contribution in [0.2, 0.25) is 0 Å². The van der Waals surface area contributed by atoms with Gasteiger partial charge in [-0.05, 0) is 18.1 Å². The molecule has 0 amide bonds. The third-order valence-corrected chi connectivity index (χ3v) is 2.36. The molecule has 0 fully saturated rings. The largest absolute Gasteiger partial charge is 0.419 e. The first-order chi connectivity index (χ1) is 7.82. The summed E-state index contributed by atoms with van der Waals surface area (Å²) >= 11 is 0. The molecule has 96 valence electrons. The van der Waals surface area contributed by atoms with Gasteiger partial charge in [-0.1, -0.05) is 13.8 Å². The zero-order valence-corrected chi connectivity index (χ0v) is 9.62. The summed E-state index contributed by atoms with van der Waals surface area (Å²) in [5.74, 6) is -0.278. The van der Waals surface area contributed by atoms with Crippen LogP contribution in [-0.2, 0) is 6.18 Å². The van der Waals surface area contributed by atoms with E-state index in [1.165, 1.54) is 12.3 Å². The smallest absolute Gasteiger partial charge is 0.391 e. The first-order valence-corrected chi connectivity index (χ1v) is 5.26. The van der Waals surface area contributed by atoms with Crippen LogP contribution >= 0.6 is 0 Å². The third-order valence-electron chi connectivity index (χ3n) is 2.36. The number of aliphatic hydroxyl groups excluding tert-OH is 1. The molecule has 1 atom stereocenters. The minimum absolute atomic E-state index is 0.0273. The first-order valence-electron chi connectivity index (χ1n) is 5.26. The number of nitrogens with zero attached hydrogens (tertiary/aromatic N) is 1. The van der Waals surface area contributed by atoms with Gasteiger partial charge in [-0.15, -0.1) is 0 Å². The monoisotopic (exact) mass is 248 g/mol. The Labute approximate surface area is 97.7 Å². The Hall–Kier alpha value is -1.30. The standard InChI is InChI=1S/C11H15F3N2O/c1-7(2)9(17)6-16-10-8(11(12,13)14)4-3-5-15-10/h3-5,7,9,17H,6H2,1-2H3,(H,15,16). The molecule has 0 bridgehead atoms. The van der Waals surface area contributed by atoms with Crippen LogP contribution in [0.15, 0.2) is 18.3 Å². The molecule has 0 saturated heterocycles. The summed E-state index contributed by atoms with van der Waals surface area (Å²) in [4.78, 5) is 3.63. The fourth-order valence-electron chi connectivity index (χ4n) is 1.21. The molecule has 0 aromatic carbocycles. The van der Waals surface area contributed by atoms with Gasteiger partial charge in [0.05, 0.1) is 11.7 Å². The van der Waals surface area contributed by atoms with Gasteiger partial charge in [0, 0.05) is 12.7 Å². The third kappa shape index (κ3) is 3.89. The van der Waals surface area contributed by atoms with Crippen molar-refractivity contribution in [2.24, 2.45) is 5.92 Å². The summed E-state index contributed by atoms with van der Waals surface area (Å²) in [6.07, 6.45) is -3.88. The number of alkyl halides is 3. The normalized spacial score (nSPS) is 13.8. The maximum Gasteiger partial charge on any atom is 0.419 e. The molecule has 1 heterocycles. The lowest BCUT2D eigenvalue weighted by molar-refractivity contribution is -0.137. The van der Waals surface area contributed by atoms with Crippen molar-refractivity contribution in [2.75, 3.05) is 11.9 Å². The summed E-state index contributed by atoms with van der Waals surface area (Å²) in [6.45, 7) is 3.61. The van der Waals surface area contributed by atoms with Gasteiger partial charge in [-0.25, -0.2) is 4.98 Å². The van der Waals surface area contributed by atoms with Crippen LogP contribution in [0, 0.1) is 5.92 Å². The Morgan fingerprint density at radius 3 is 2.59 bits per heavy atom. The number of halogens is 3. The van der Waals surface area contributed by atoms with Crippen molar-refractivity contribution < 1.29 is 18.3 Å². The van der Waals surface area contributed by atoms with Crippen LogP contribution in [0.4, 0.5) is 19.0 Å². The Bertz CT molecular complexity index is 366. The number of hydrogen-bond acceptors (Lipinski definition) is 3. The number of hydrogen-bond donors (Lipinski definition) is 2. The van der Waals surface area contributed by atoms with Crippen LogP contribution in [0.25, 0.3) is 0 Å². The Balaban J connectivity index is 2.78. The van der Waals surface area contributed by atoms with E-state index in [4.69, 9.17) is 0 Å². The summed E-state index contributed by atoms with van der Waals surface area (Å²) < 4.78 is 37.8. The van der Waals surface area contributed by atoms with Gasteiger partial charge in [0.25, 0.3) is 0 Å². The Kier molecular flexibility index (Phi) is 4.34. The van der Waals surface area contributed by atoms with Crippen molar-refractivity contribution in [1.29, 1.82) is 0 Å². The van der Waals surface area contributed by atoms with Gasteiger partial charge in [0.1, 0.15) is 5.82 Å². The van der Waals surface area contributed by atoms with E-state index in [2.05, 4.69) is 10.3 Å². The van der Waals surface area contributed by atoms with Crippen LogP contribution in [0.3, 0.4) is 0 Å². The van der Waals surface area contributed by atoms with Gasteiger partial charge in [0.2, 0.25) is 0 Å². The van der Waals surface area contributed by atoms with Gasteiger partial charge in [0.15, 0.2) is 0 Å². The second kappa shape index (κ2) is 5.35. The lowest BCUT2D eigenvalue weighted by Crippen LogP contribution is -2.26. The Morgan fingerprint density at radius 2 is 2.06 bits per heavy atom. The van der Waals surface area contributed by atoms with Crippen molar-refractivity contribution in [1.82, 2.24) is 4.98 Å². The number of rotatable bonds is 4. The minimum atomic E-state index is -4.45. The molecule has 0 aliphatic carbocycles. The van der Waals surface area contributed by atoms with Crippen molar-refractivity contribution in [3.63, 3.8) is 0 Å². The highest BCUT2D eigenvalue weighted by atomic mass is 19.4. The highest BCUT2D eigenvalue weighted by Crippen LogP contribution is 2.33. The average Bonchev–Trinajstić information content (AvgIpc) is 2.24. The maximum atomic E-state index is 12.6. The molecule has 6 heteroatoms. The molecule has 3 nitrogen and oxygen atoms in total. The molecular weight excluding hydrogens is 233 g/mol.